The van der Waals surface area contributed by atoms with Gasteiger partial charge in [-0.1, -0.05) is 32.9 Å². The van der Waals surface area contributed by atoms with Crippen LogP contribution in [-0.4, -0.2) is 30.2 Å². The first-order chi connectivity index (χ1) is 11.1. The Bertz CT molecular complexity index is 762. The van der Waals surface area contributed by atoms with E-state index in [-0.39, 0.29) is 22.6 Å². The minimum absolute atomic E-state index is 0.0303. The second-order valence-electron chi connectivity index (χ2n) is 7.00. The van der Waals surface area contributed by atoms with Gasteiger partial charge in [0, 0.05) is 30.9 Å². The van der Waals surface area contributed by atoms with E-state index in [1.807, 2.05) is 45.8 Å². The fraction of sp³-hybridized carbons (Fsp3) is 0.316. The summed E-state index contributed by atoms with van der Waals surface area (Å²) in [5, 5.41) is 23.1. The molecule has 0 saturated heterocycles. The summed E-state index contributed by atoms with van der Waals surface area (Å²) in [6, 6.07) is 10.3. The Hall–Kier alpha value is -2.69. The molecule has 24 heavy (non-hydrogen) atoms. The maximum Gasteiger partial charge on any atom is 0.255 e. The van der Waals surface area contributed by atoms with Crippen LogP contribution in [-0.2, 0) is 5.41 Å². The second-order valence-corrected chi connectivity index (χ2v) is 7.00. The van der Waals surface area contributed by atoms with Gasteiger partial charge in [-0.15, -0.1) is 0 Å². The van der Waals surface area contributed by atoms with Gasteiger partial charge in [0.1, 0.15) is 17.2 Å². The molecule has 2 rings (SSSR count). The Morgan fingerprint density at radius 3 is 2.33 bits per heavy atom. The molecule has 0 fully saturated rings. The summed E-state index contributed by atoms with van der Waals surface area (Å²) in [5.41, 5.74) is 1.70. The lowest BCUT2D eigenvalue weighted by atomic mass is 9.86. The maximum absolute atomic E-state index is 12.5. The number of nitrogens with zero attached hydrogens (tertiary/aromatic N) is 1. The highest BCUT2D eigenvalue weighted by molar-refractivity contribution is 6.06. The normalized spacial score (nSPS) is 11.2. The minimum atomic E-state index is -0.393. The highest BCUT2D eigenvalue weighted by Crippen LogP contribution is 2.41. The first-order valence-corrected chi connectivity index (χ1v) is 7.75. The van der Waals surface area contributed by atoms with Gasteiger partial charge in [-0.05, 0) is 29.7 Å². The number of aromatic hydroxyl groups is 2. The molecule has 0 atom stereocenters. The summed E-state index contributed by atoms with van der Waals surface area (Å²) < 4.78 is 0. The van der Waals surface area contributed by atoms with Gasteiger partial charge >= 0.3 is 0 Å². The van der Waals surface area contributed by atoms with Crippen LogP contribution in [0, 0.1) is 0 Å². The van der Waals surface area contributed by atoms with Gasteiger partial charge in [0.15, 0.2) is 0 Å². The average molecular weight is 328 g/mol. The third kappa shape index (κ3) is 3.62. The van der Waals surface area contributed by atoms with Gasteiger partial charge in [0.25, 0.3) is 5.91 Å². The number of amides is 1. The fourth-order valence-electron chi connectivity index (χ4n) is 2.42. The molecule has 2 aromatic carbocycles. The van der Waals surface area contributed by atoms with Crippen molar-refractivity contribution in [3.8, 4) is 11.5 Å². The molecule has 0 aliphatic carbocycles. The molecular weight excluding hydrogens is 304 g/mol. The molecule has 5 nitrogen and oxygen atoms in total. The third-order valence-corrected chi connectivity index (χ3v) is 3.83. The molecule has 2 aromatic rings. The predicted molar refractivity (Wildman–Crippen MR) is 97.2 cm³/mol. The number of hydrogen-bond donors (Lipinski definition) is 3. The van der Waals surface area contributed by atoms with Crippen molar-refractivity contribution in [2.24, 2.45) is 0 Å². The number of anilines is 2. The van der Waals surface area contributed by atoms with E-state index >= 15 is 0 Å². The molecule has 0 heterocycles. The number of hydrogen-bond acceptors (Lipinski definition) is 4. The second kappa shape index (κ2) is 6.43. The SMILES string of the molecule is CN(C)c1cccc(C(=O)Nc2c(O)ccc(C(C)(C)C)c2O)c1. The van der Waals surface area contributed by atoms with E-state index in [4.69, 9.17) is 0 Å². The van der Waals surface area contributed by atoms with Gasteiger partial charge in [-0.25, -0.2) is 0 Å². The predicted octanol–water partition coefficient (Wildman–Crippen LogP) is 3.71. The molecule has 0 radical (unpaired) electrons. The van der Waals surface area contributed by atoms with Gasteiger partial charge < -0.3 is 20.4 Å². The van der Waals surface area contributed by atoms with Crippen molar-refractivity contribution in [2.45, 2.75) is 26.2 Å². The monoisotopic (exact) mass is 328 g/mol. The molecule has 1 amide bonds. The third-order valence-electron chi connectivity index (χ3n) is 3.83. The highest BCUT2D eigenvalue weighted by atomic mass is 16.3. The Morgan fingerprint density at radius 1 is 1.08 bits per heavy atom. The van der Waals surface area contributed by atoms with E-state index in [1.165, 1.54) is 6.07 Å². The van der Waals surface area contributed by atoms with Crippen molar-refractivity contribution in [1.29, 1.82) is 0 Å². The van der Waals surface area contributed by atoms with Crippen LogP contribution in [0.25, 0.3) is 0 Å². The van der Waals surface area contributed by atoms with Gasteiger partial charge in [0.05, 0.1) is 0 Å². The number of nitrogens with one attached hydrogen (secondary N) is 1. The van der Waals surface area contributed by atoms with Crippen LogP contribution in [0.2, 0.25) is 0 Å². The smallest absolute Gasteiger partial charge is 0.255 e. The molecular formula is C19H24N2O3. The Morgan fingerprint density at radius 2 is 1.75 bits per heavy atom. The van der Waals surface area contributed by atoms with Crippen molar-refractivity contribution < 1.29 is 15.0 Å². The van der Waals surface area contributed by atoms with Crippen LogP contribution in [0.15, 0.2) is 36.4 Å². The Labute approximate surface area is 142 Å². The summed E-state index contributed by atoms with van der Waals surface area (Å²) in [6.07, 6.45) is 0. The Balaban J connectivity index is 2.38. The quantitative estimate of drug-likeness (QED) is 0.751. The summed E-state index contributed by atoms with van der Waals surface area (Å²) in [4.78, 5) is 14.4. The zero-order valence-corrected chi connectivity index (χ0v) is 14.7. The summed E-state index contributed by atoms with van der Waals surface area (Å²) in [7, 11) is 3.78. The van der Waals surface area contributed by atoms with E-state index in [0.717, 1.165) is 5.69 Å². The zero-order valence-electron chi connectivity index (χ0n) is 14.7. The van der Waals surface area contributed by atoms with Crippen molar-refractivity contribution >= 4 is 17.3 Å². The Kier molecular flexibility index (Phi) is 4.73. The maximum atomic E-state index is 12.5. The van der Waals surface area contributed by atoms with Crippen LogP contribution >= 0.6 is 0 Å². The molecule has 0 spiro atoms. The first-order valence-electron chi connectivity index (χ1n) is 7.75. The summed E-state index contributed by atoms with van der Waals surface area (Å²) in [5.74, 6) is -0.674. The number of phenolic OH excluding ortho intramolecular Hbond substituents is 2. The van der Waals surface area contributed by atoms with Crippen LogP contribution in [0.4, 0.5) is 11.4 Å². The molecule has 3 N–H and O–H groups in total. The number of carbonyl (C=O) groups excluding carboxylic acids is 1. The molecule has 128 valence electrons. The van der Waals surface area contributed by atoms with Crippen LogP contribution in [0.1, 0.15) is 36.7 Å². The van der Waals surface area contributed by atoms with Crippen LogP contribution in [0.3, 0.4) is 0 Å². The largest absolute Gasteiger partial charge is 0.506 e. The number of carbonyl (C=O) groups is 1. The number of phenols is 2. The van der Waals surface area contributed by atoms with Gasteiger partial charge in [0.2, 0.25) is 0 Å². The van der Waals surface area contributed by atoms with Crippen molar-refractivity contribution in [2.75, 3.05) is 24.3 Å². The molecule has 0 aliphatic rings. The van der Waals surface area contributed by atoms with Crippen molar-refractivity contribution in [3.63, 3.8) is 0 Å². The molecule has 0 aromatic heterocycles. The molecule has 0 bridgehead atoms. The fourth-order valence-corrected chi connectivity index (χ4v) is 2.42. The molecule has 0 unspecified atom stereocenters. The average Bonchev–Trinajstić information content (AvgIpc) is 2.49. The minimum Gasteiger partial charge on any atom is -0.506 e. The van der Waals surface area contributed by atoms with Crippen molar-refractivity contribution in [1.82, 2.24) is 0 Å². The lowest BCUT2D eigenvalue weighted by molar-refractivity contribution is 0.102. The lowest BCUT2D eigenvalue weighted by Gasteiger charge is -2.22. The zero-order chi connectivity index (χ0) is 18.1. The van der Waals surface area contributed by atoms with Gasteiger partial charge in [-0.3, -0.25) is 4.79 Å². The van der Waals surface area contributed by atoms with E-state index in [2.05, 4.69) is 5.32 Å². The molecule has 5 heteroatoms. The van der Waals surface area contributed by atoms with Crippen LogP contribution < -0.4 is 10.2 Å². The van der Waals surface area contributed by atoms with Crippen LogP contribution in [0.5, 0.6) is 11.5 Å². The number of benzene rings is 2. The van der Waals surface area contributed by atoms with E-state index in [9.17, 15) is 15.0 Å². The first kappa shape index (κ1) is 17.7. The number of rotatable bonds is 3. The van der Waals surface area contributed by atoms with Gasteiger partial charge in [-0.2, -0.15) is 0 Å². The molecule has 0 aliphatic heterocycles. The molecule has 0 saturated carbocycles. The van der Waals surface area contributed by atoms with E-state index in [1.54, 1.807) is 24.3 Å². The van der Waals surface area contributed by atoms with Crippen molar-refractivity contribution in [3.05, 3.63) is 47.5 Å². The van der Waals surface area contributed by atoms with E-state index in [0.29, 0.717) is 11.1 Å². The highest BCUT2D eigenvalue weighted by Gasteiger charge is 2.23. The summed E-state index contributed by atoms with van der Waals surface area (Å²) >= 11 is 0. The summed E-state index contributed by atoms with van der Waals surface area (Å²) in [6.45, 7) is 5.85. The topological polar surface area (TPSA) is 72.8 Å². The standard InChI is InChI=1S/C19H24N2O3/c1-19(2,3)14-9-10-15(22)16(17(14)23)20-18(24)12-7-6-8-13(11-12)21(4)5/h6-11,22-23H,1-5H3,(H,20,24). The van der Waals surface area contributed by atoms with E-state index < -0.39 is 5.91 Å². The lowest BCUT2D eigenvalue weighted by Crippen LogP contribution is -2.16.